The summed E-state index contributed by atoms with van der Waals surface area (Å²) in [5.41, 5.74) is 3.08. The van der Waals surface area contributed by atoms with E-state index in [-0.39, 0.29) is 5.56 Å². The first-order chi connectivity index (χ1) is 9.92. The van der Waals surface area contributed by atoms with Crippen molar-refractivity contribution >= 4 is 15.9 Å². The van der Waals surface area contributed by atoms with E-state index < -0.39 is 17.7 Å². The van der Waals surface area contributed by atoms with Gasteiger partial charge in [0.25, 0.3) is 0 Å². The predicted molar refractivity (Wildman–Crippen MR) is 85.5 cm³/mol. The van der Waals surface area contributed by atoms with Gasteiger partial charge in [-0.2, -0.15) is 0 Å². The molecule has 1 N–H and O–H groups in total. The Hall–Kier alpha value is -1.26. The predicted octanol–water partition coefficient (Wildman–Crippen LogP) is 5.04. The molecule has 0 fully saturated rings. The summed E-state index contributed by atoms with van der Waals surface area (Å²) < 4.78 is 28.9. The second kappa shape index (κ2) is 6.67. The Morgan fingerprint density at radius 2 is 1.52 bits per heavy atom. The van der Waals surface area contributed by atoms with Crippen LogP contribution in [0.4, 0.5) is 8.78 Å². The van der Waals surface area contributed by atoms with Crippen molar-refractivity contribution in [1.29, 1.82) is 0 Å². The van der Waals surface area contributed by atoms with E-state index in [0.29, 0.717) is 11.0 Å². The maximum absolute atomic E-state index is 14.3. The minimum absolute atomic E-state index is 0.0602. The highest BCUT2D eigenvalue weighted by Gasteiger charge is 2.22. The second-order valence-electron chi connectivity index (χ2n) is 5.19. The van der Waals surface area contributed by atoms with Gasteiger partial charge in [0.05, 0.1) is 6.04 Å². The van der Waals surface area contributed by atoms with Crippen LogP contribution in [0.25, 0.3) is 0 Å². The molecule has 1 atom stereocenters. The third-order valence-corrected chi connectivity index (χ3v) is 3.78. The van der Waals surface area contributed by atoms with E-state index in [1.165, 1.54) is 12.1 Å². The highest BCUT2D eigenvalue weighted by atomic mass is 79.9. The van der Waals surface area contributed by atoms with Crippen molar-refractivity contribution in [3.8, 4) is 0 Å². The number of aryl methyl sites for hydroxylation is 2. The molecule has 0 aromatic heterocycles. The van der Waals surface area contributed by atoms with Gasteiger partial charge in [-0.1, -0.05) is 52.2 Å². The van der Waals surface area contributed by atoms with Crippen LogP contribution in [0.5, 0.6) is 0 Å². The first kappa shape index (κ1) is 16.1. The van der Waals surface area contributed by atoms with Gasteiger partial charge < -0.3 is 5.32 Å². The van der Waals surface area contributed by atoms with Gasteiger partial charge in [-0.05, 0) is 38.1 Å². The average Bonchev–Trinajstić information content (AvgIpc) is 2.35. The van der Waals surface area contributed by atoms with Crippen LogP contribution in [0, 0.1) is 25.5 Å². The van der Waals surface area contributed by atoms with Gasteiger partial charge in [-0.25, -0.2) is 8.78 Å². The van der Waals surface area contributed by atoms with Crippen LogP contribution in [0.1, 0.15) is 35.2 Å². The van der Waals surface area contributed by atoms with Crippen LogP contribution >= 0.6 is 15.9 Å². The van der Waals surface area contributed by atoms with Crippen molar-refractivity contribution in [3.63, 3.8) is 0 Å². The smallest absolute Gasteiger partial charge is 0.132 e. The fraction of sp³-hybridized carbons (Fsp3) is 0.294. The van der Waals surface area contributed by atoms with Gasteiger partial charge in [-0.3, -0.25) is 0 Å². The molecular formula is C17H18BrF2N. The standard InChI is InChI=1S/C17H18BrF2N/c1-4-21-17(12-6-10(2)5-11(3)7-12)16-14(19)8-13(18)9-15(16)20/h5-9,17,21H,4H2,1-3H3. The number of hydrogen-bond acceptors (Lipinski definition) is 1. The van der Waals surface area contributed by atoms with E-state index in [9.17, 15) is 8.78 Å². The fourth-order valence-corrected chi connectivity index (χ4v) is 3.00. The third kappa shape index (κ3) is 3.69. The fourth-order valence-electron chi connectivity index (χ4n) is 2.60. The Balaban J connectivity index is 2.58. The van der Waals surface area contributed by atoms with Crippen LogP contribution in [0.15, 0.2) is 34.8 Å². The van der Waals surface area contributed by atoms with E-state index in [1.54, 1.807) is 0 Å². The Kier molecular flexibility index (Phi) is 5.12. The molecule has 0 heterocycles. The van der Waals surface area contributed by atoms with Crippen molar-refractivity contribution in [2.45, 2.75) is 26.8 Å². The third-order valence-electron chi connectivity index (χ3n) is 3.32. The van der Waals surface area contributed by atoms with Crippen LogP contribution in [-0.4, -0.2) is 6.54 Å². The minimum atomic E-state index is -0.549. The molecule has 0 radical (unpaired) electrons. The molecular weight excluding hydrogens is 336 g/mol. The van der Waals surface area contributed by atoms with Gasteiger partial charge in [-0.15, -0.1) is 0 Å². The Morgan fingerprint density at radius 1 is 1.00 bits per heavy atom. The van der Waals surface area contributed by atoms with Crippen LogP contribution in [0.2, 0.25) is 0 Å². The minimum Gasteiger partial charge on any atom is -0.306 e. The van der Waals surface area contributed by atoms with Gasteiger partial charge in [0, 0.05) is 10.0 Å². The summed E-state index contributed by atoms with van der Waals surface area (Å²) in [5.74, 6) is -1.10. The number of nitrogens with one attached hydrogen (secondary N) is 1. The number of hydrogen-bond donors (Lipinski definition) is 1. The molecule has 21 heavy (non-hydrogen) atoms. The van der Waals surface area contributed by atoms with E-state index in [0.717, 1.165) is 16.7 Å². The van der Waals surface area contributed by atoms with E-state index in [4.69, 9.17) is 0 Å². The maximum Gasteiger partial charge on any atom is 0.132 e. The highest BCUT2D eigenvalue weighted by molar-refractivity contribution is 9.10. The SMILES string of the molecule is CCNC(c1cc(C)cc(C)c1)c1c(F)cc(Br)cc1F. The van der Waals surface area contributed by atoms with Crippen LogP contribution < -0.4 is 5.32 Å². The van der Waals surface area contributed by atoms with Crippen LogP contribution in [0.3, 0.4) is 0 Å². The average molecular weight is 354 g/mol. The lowest BCUT2D eigenvalue weighted by molar-refractivity contribution is 0.509. The molecule has 0 bridgehead atoms. The van der Waals surface area contributed by atoms with Crippen molar-refractivity contribution in [2.75, 3.05) is 6.54 Å². The van der Waals surface area contributed by atoms with E-state index in [1.807, 2.05) is 39.0 Å². The monoisotopic (exact) mass is 353 g/mol. The lowest BCUT2D eigenvalue weighted by Gasteiger charge is -2.21. The maximum atomic E-state index is 14.3. The summed E-state index contributed by atoms with van der Waals surface area (Å²) in [5, 5.41) is 3.18. The Morgan fingerprint density at radius 3 is 2.00 bits per heavy atom. The molecule has 2 aromatic carbocycles. The molecule has 0 amide bonds. The Labute approximate surface area is 132 Å². The molecule has 0 aliphatic carbocycles. The second-order valence-corrected chi connectivity index (χ2v) is 6.11. The largest absolute Gasteiger partial charge is 0.306 e. The molecule has 2 aromatic rings. The van der Waals surface area contributed by atoms with Crippen molar-refractivity contribution in [2.24, 2.45) is 0 Å². The highest BCUT2D eigenvalue weighted by Crippen LogP contribution is 2.30. The molecule has 0 saturated heterocycles. The summed E-state index contributed by atoms with van der Waals surface area (Å²) in [6.07, 6.45) is 0. The van der Waals surface area contributed by atoms with Crippen molar-refractivity contribution in [3.05, 3.63) is 68.7 Å². The van der Waals surface area contributed by atoms with Crippen molar-refractivity contribution in [1.82, 2.24) is 5.32 Å². The number of benzene rings is 2. The molecule has 0 spiro atoms. The summed E-state index contributed by atoms with van der Waals surface area (Å²) in [4.78, 5) is 0. The van der Waals surface area contributed by atoms with Crippen LogP contribution in [-0.2, 0) is 0 Å². The summed E-state index contributed by atoms with van der Waals surface area (Å²) in [7, 11) is 0. The molecule has 1 nitrogen and oxygen atoms in total. The zero-order valence-corrected chi connectivity index (χ0v) is 13.9. The summed E-state index contributed by atoms with van der Waals surface area (Å²) >= 11 is 3.11. The van der Waals surface area contributed by atoms with Gasteiger partial charge in [0.1, 0.15) is 11.6 Å². The first-order valence-electron chi connectivity index (χ1n) is 6.88. The topological polar surface area (TPSA) is 12.0 Å². The lowest BCUT2D eigenvalue weighted by Crippen LogP contribution is -2.24. The van der Waals surface area contributed by atoms with E-state index in [2.05, 4.69) is 21.2 Å². The van der Waals surface area contributed by atoms with Gasteiger partial charge in [0.2, 0.25) is 0 Å². The molecule has 1 unspecified atom stereocenters. The van der Waals surface area contributed by atoms with Gasteiger partial charge >= 0.3 is 0 Å². The van der Waals surface area contributed by atoms with Gasteiger partial charge in [0.15, 0.2) is 0 Å². The molecule has 0 aliphatic heterocycles. The number of halogens is 3. The lowest BCUT2D eigenvalue weighted by atomic mass is 9.95. The molecule has 0 aliphatic rings. The first-order valence-corrected chi connectivity index (χ1v) is 7.67. The quantitative estimate of drug-likeness (QED) is 0.811. The zero-order valence-electron chi connectivity index (χ0n) is 12.3. The molecule has 0 saturated carbocycles. The Bertz CT molecular complexity index is 612. The molecule has 4 heteroatoms. The zero-order chi connectivity index (χ0) is 15.6. The van der Waals surface area contributed by atoms with Crippen molar-refractivity contribution < 1.29 is 8.78 Å². The summed E-state index contributed by atoms with van der Waals surface area (Å²) in [6.45, 7) is 6.50. The van der Waals surface area contributed by atoms with E-state index >= 15 is 0 Å². The molecule has 2 rings (SSSR count). The number of rotatable bonds is 4. The normalized spacial score (nSPS) is 12.5. The summed E-state index contributed by atoms with van der Waals surface area (Å²) in [6, 6.07) is 8.06. The molecule has 112 valence electrons.